The lowest BCUT2D eigenvalue weighted by molar-refractivity contribution is -0.286. The number of carbonyl (C=O) groups excluding carboxylic acids is 1. The maximum atomic E-state index is 15.2. The maximum absolute atomic E-state index is 15.2. The monoisotopic (exact) mass is 686 g/mol. The van der Waals surface area contributed by atoms with E-state index in [1.165, 1.54) is 44.3 Å². The van der Waals surface area contributed by atoms with Gasteiger partial charge in [0.15, 0.2) is 33.0 Å². The highest BCUT2D eigenvalue weighted by Gasteiger charge is 2.43. The van der Waals surface area contributed by atoms with Crippen LogP contribution in [0.25, 0.3) is 33.7 Å². The lowest BCUT2D eigenvalue weighted by atomic mass is 9.92. The van der Waals surface area contributed by atoms with E-state index in [2.05, 4.69) is 19.5 Å². The number of amides is 1. The van der Waals surface area contributed by atoms with Crippen molar-refractivity contribution in [2.24, 2.45) is 16.5 Å². The Balaban J connectivity index is 1.75. The number of aliphatic imine (C=N–C) groups is 1. The summed E-state index contributed by atoms with van der Waals surface area (Å²) in [5, 5.41) is 9.68. The molecule has 5 rings (SSSR count). The number of fused-ring (bicyclic) bond motifs is 1. The number of sulfone groups is 1. The number of nitrogens with zero attached hydrogens (tertiary/aromatic N) is 2. The Kier molecular flexibility index (Phi) is 8.99. The number of alkyl halides is 2. The number of ether oxygens (including phenoxy) is 3. The molecule has 5 N–H and O–H groups in total. The van der Waals surface area contributed by atoms with Gasteiger partial charge in [-0.25, -0.2) is 22.6 Å². The van der Waals surface area contributed by atoms with Crippen molar-refractivity contribution in [3.05, 3.63) is 83.1 Å². The van der Waals surface area contributed by atoms with Crippen LogP contribution in [0.1, 0.15) is 23.9 Å². The molecule has 0 aliphatic carbocycles. The Hall–Kier alpha value is -5.35. The predicted octanol–water partition coefficient (Wildman–Crippen LogP) is 5.09. The number of aliphatic hydroxyl groups is 1. The molecule has 0 spiro atoms. The molecule has 0 saturated carbocycles. The lowest BCUT2D eigenvalue weighted by Gasteiger charge is -2.16. The summed E-state index contributed by atoms with van der Waals surface area (Å²) in [4.78, 5) is 19.7. The van der Waals surface area contributed by atoms with Crippen molar-refractivity contribution in [3.63, 3.8) is 0 Å². The van der Waals surface area contributed by atoms with Crippen molar-refractivity contribution < 1.29 is 50.1 Å². The second-order valence-corrected chi connectivity index (χ2v) is 12.7. The second-order valence-electron chi connectivity index (χ2n) is 10.7. The van der Waals surface area contributed by atoms with Crippen LogP contribution in [0.4, 0.5) is 18.0 Å². The molecule has 0 fully saturated rings. The van der Waals surface area contributed by atoms with Gasteiger partial charge in [-0.2, -0.15) is 0 Å². The van der Waals surface area contributed by atoms with Gasteiger partial charge in [0.25, 0.3) is 0 Å². The summed E-state index contributed by atoms with van der Waals surface area (Å²) in [6.45, 7) is 2.22. The largest absolute Gasteiger partial charge is 0.586 e. The summed E-state index contributed by atoms with van der Waals surface area (Å²) < 4.78 is 88.0. The third-order valence-corrected chi connectivity index (χ3v) is 8.46. The van der Waals surface area contributed by atoms with E-state index in [0.717, 1.165) is 12.3 Å². The highest BCUT2D eigenvalue weighted by Crippen LogP contribution is 2.45. The number of hydrogen-bond donors (Lipinski definition) is 3. The van der Waals surface area contributed by atoms with Gasteiger partial charge in [-0.1, -0.05) is 12.1 Å². The maximum Gasteiger partial charge on any atom is 0.586 e. The molecule has 2 heterocycles. The number of aliphatic hydroxyl groups excluding tert-OH is 1. The van der Waals surface area contributed by atoms with Crippen LogP contribution in [-0.4, -0.2) is 56.0 Å². The van der Waals surface area contributed by atoms with E-state index >= 15 is 4.39 Å². The number of carbonyl (C=O) groups is 1. The van der Waals surface area contributed by atoms with Crippen LogP contribution in [0.5, 0.6) is 11.5 Å². The van der Waals surface area contributed by atoms with Crippen molar-refractivity contribution in [3.8, 4) is 45.2 Å². The molecule has 1 unspecified atom stereocenters. The molecule has 1 aromatic heterocycles. The number of nitrogens with two attached hydrogens (primary N) is 2. The van der Waals surface area contributed by atoms with Crippen LogP contribution >= 0.6 is 0 Å². The Labute approximate surface area is 272 Å². The molecule has 0 radical (unpaired) electrons. The summed E-state index contributed by atoms with van der Waals surface area (Å²) in [6, 6.07) is 11.1. The predicted molar refractivity (Wildman–Crippen MR) is 168 cm³/mol. The van der Waals surface area contributed by atoms with Gasteiger partial charge in [-0.3, -0.25) is 4.99 Å². The van der Waals surface area contributed by atoms with Gasteiger partial charge in [0.2, 0.25) is 0 Å². The van der Waals surface area contributed by atoms with Crippen LogP contribution in [0.3, 0.4) is 0 Å². The van der Waals surface area contributed by atoms with Gasteiger partial charge < -0.3 is 35.2 Å². The number of aromatic nitrogens is 1. The third-order valence-electron chi connectivity index (χ3n) is 7.30. The number of primary amides is 1. The van der Waals surface area contributed by atoms with Gasteiger partial charge in [0.1, 0.15) is 17.6 Å². The second kappa shape index (κ2) is 12.7. The molecule has 1 amide bonds. The minimum atomic E-state index is -3.96. The van der Waals surface area contributed by atoms with Crippen LogP contribution in [-0.2, 0) is 21.2 Å². The molecule has 252 valence electrons. The van der Waals surface area contributed by atoms with Crippen molar-refractivity contribution in [1.29, 1.82) is 0 Å². The van der Waals surface area contributed by atoms with Crippen LogP contribution < -0.4 is 20.9 Å². The molecule has 4 aromatic rings. The van der Waals surface area contributed by atoms with E-state index in [0.29, 0.717) is 22.3 Å². The number of oxazole rings is 1. The molecule has 0 bridgehead atoms. The molecule has 0 saturated heterocycles. The molecule has 12 nitrogen and oxygen atoms in total. The standard InChI is InChI=1S/C32H29F3N4O8S/c1-15(44-31(37)41)24(36)13-25(38-3)20-7-5-17(19-10-23(33)22(14-40)28(12-19)48(4,42)43)9-21(20)30-29(39-16(2)45-30)18-6-8-26-27(11-18)47-32(34,35)46-26/h5-13,15,40H,14,36H2,1-4H3,(H2,37,41). The number of aryl methyl sites for hydroxylation is 1. The highest BCUT2D eigenvalue weighted by molar-refractivity contribution is 7.90. The first-order chi connectivity index (χ1) is 22.5. The summed E-state index contributed by atoms with van der Waals surface area (Å²) >= 11 is 0. The van der Waals surface area contributed by atoms with Crippen molar-refractivity contribution >= 4 is 21.6 Å². The van der Waals surface area contributed by atoms with Gasteiger partial charge >= 0.3 is 12.4 Å². The summed E-state index contributed by atoms with van der Waals surface area (Å²) in [5.41, 5.74) is 13.0. The normalized spacial score (nSPS) is 15.0. The minimum Gasteiger partial charge on any atom is -0.440 e. The zero-order valence-corrected chi connectivity index (χ0v) is 26.7. The average Bonchev–Trinajstić information content (AvgIpc) is 3.55. The van der Waals surface area contributed by atoms with Gasteiger partial charge in [-0.05, 0) is 60.5 Å². The number of benzene rings is 3. The van der Waals surface area contributed by atoms with Crippen molar-refractivity contribution in [2.45, 2.75) is 37.7 Å². The van der Waals surface area contributed by atoms with E-state index in [-0.39, 0.29) is 51.4 Å². The summed E-state index contributed by atoms with van der Waals surface area (Å²) in [6.07, 6.45) is -3.50. The van der Waals surface area contributed by atoms with Gasteiger partial charge in [0, 0.05) is 42.5 Å². The molecule has 16 heteroatoms. The molecule has 1 atom stereocenters. The zero-order chi connectivity index (χ0) is 35.1. The first-order valence-corrected chi connectivity index (χ1v) is 16.0. The van der Waals surface area contributed by atoms with Gasteiger partial charge in [-0.15, -0.1) is 8.78 Å². The first-order valence-electron chi connectivity index (χ1n) is 14.1. The number of hydrogen-bond acceptors (Lipinski definition) is 11. The van der Waals surface area contributed by atoms with E-state index in [4.69, 9.17) is 20.6 Å². The Morgan fingerprint density at radius 3 is 2.42 bits per heavy atom. The van der Waals surface area contributed by atoms with E-state index in [1.54, 1.807) is 25.1 Å². The first kappa shape index (κ1) is 34.0. The molecule has 1 aliphatic heterocycles. The Morgan fingerprint density at radius 1 is 1.08 bits per heavy atom. The molecular formula is C32H29F3N4O8S. The fraction of sp³-hybridized carbons (Fsp3) is 0.219. The molecule has 1 aliphatic rings. The fourth-order valence-electron chi connectivity index (χ4n) is 5.08. The quantitative estimate of drug-likeness (QED) is 0.200. The number of allylic oxidation sites excluding steroid dienone is 1. The topological polar surface area (TPSA) is 190 Å². The third kappa shape index (κ3) is 6.84. The average molecular weight is 687 g/mol. The SMILES string of the molecule is CN=C(C=C(N)C(C)OC(N)=O)c1ccc(-c2cc(F)c(CO)c(S(C)(=O)=O)c2)cc1-c1oc(C)nc1-c1ccc2c(c1)OC(F)(F)O2. The van der Waals surface area contributed by atoms with Crippen molar-refractivity contribution in [2.75, 3.05) is 13.3 Å². The number of rotatable bonds is 9. The number of halogens is 3. The highest BCUT2D eigenvalue weighted by atomic mass is 32.2. The lowest BCUT2D eigenvalue weighted by Crippen LogP contribution is -2.26. The van der Waals surface area contributed by atoms with Crippen molar-refractivity contribution in [1.82, 2.24) is 4.98 Å². The Bertz CT molecular complexity index is 2110. The van der Waals surface area contributed by atoms with Crippen LogP contribution in [0.2, 0.25) is 0 Å². The van der Waals surface area contributed by atoms with E-state index < -0.39 is 45.6 Å². The Morgan fingerprint density at radius 2 is 1.77 bits per heavy atom. The summed E-state index contributed by atoms with van der Waals surface area (Å²) in [5.74, 6) is -1.05. The minimum absolute atomic E-state index is 0.0783. The van der Waals surface area contributed by atoms with Crippen LogP contribution in [0.15, 0.2) is 74.6 Å². The summed E-state index contributed by atoms with van der Waals surface area (Å²) in [7, 11) is -2.48. The molecule has 48 heavy (non-hydrogen) atoms. The fourth-order valence-corrected chi connectivity index (χ4v) is 6.03. The van der Waals surface area contributed by atoms with E-state index in [1.807, 2.05) is 0 Å². The molecular weight excluding hydrogens is 657 g/mol. The molecule has 3 aromatic carbocycles. The zero-order valence-electron chi connectivity index (χ0n) is 25.9. The smallest absolute Gasteiger partial charge is 0.440 e. The van der Waals surface area contributed by atoms with E-state index in [9.17, 15) is 27.1 Å². The van der Waals surface area contributed by atoms with Gasteiger partial charge in [0.05, 0.1) is 22.9 Å². The van der Waals surface area contributed by atoms with Crippen LogP contribution in [0, 0.1) is 12.7 Å².